The van der Waals surface area contributed by atoms with Crippen molar-refractivity contribution in [2.24, 2.45) is 0 Å². The molecule has 1 unspecified atom stereocenters. The molecule has 29 heavy (non-hydrogen) atoms. The lowest BCUT2D eigenvalue weighted by Gasteiger charge is -2.23. The molecule has 1 saturated heterocycles. The van der Waals surface area contributed by atoms with E-state index in [0.29, 0.717) is 68.3 Å². The van der Waals surface area contributed by atoms with Crippen LogP contribution in [0.3, 0.4) is 0 Å². The van der Waals surface area contributed by atoms with E-state index in [1.165, 1.54) is 0 Å². The second-order valence-corrected chi connectivity index (χ2v) is 7.28. The molecule has 152 valence electrons. The van der Waals surface area contributed by atoms with Crippen LogP contribution in [0.4, 0.5) is 0 Å². The van der Waals surface area contributed by atoms with Gasteiger partial charge in [-0.05, 0) is 19.1 Å². The molecule has 0 bridgehead atoms. The zero-order chi connectivity index (χ0) is 20.0. The average Bonchev–Trinajstić information content (AvgIpc) is 3.44. The van der Waals surface area contributed by atoms with Gasteiger partial charge in [0.2, 0.25) is 5.82 Å². The third-order valence-electron chi connectivity index (χ3n) is 5.12. The Hall–Kier alpha value is -2.98. The van der Waals surface area contributed by atoms with Crippen molar-refractivity contribution < 1.29 is 18.7 Å². The number of fused-ring (bicyclic) bond motifs is 1. The number of hydrogen-bond donors (Lipinski definition) is 0. The predicted octanol–water partition coefficient (Wildman–Crippen LogP) is 1.21. The zero-order valence-electron chi connectivity index (χ0n) is 16.4. The number of ether oxygens (including phenoxy) is 2. The van der Waals surface area contributed by atoms with E-state index in [9.17, 15) is 4.79 Å². The summed E-state index contributed by atoms with van der Waals surface area (Å²) < 4.78 is 20.5. The predicted molar refractivity (Wildman–Crippen MR) is 101 cm³/mol. The number of aromatic nitrogens is 5. The number of carbonyl (C=O) groups excluding carboxylic acids is 1. The van der Waals surface area contributed by atoms with Gasteiger partial charge in [0, 0.05) is 19.7 Å². The molecule has 10 nitrogen and oxygen atoms in total. The topological polar surface area (TPSA) is 100 Å². The number of furan rings is 1. The summed E-state index contributed by atoms with van der Waals surface area (Å²) in [5.74, 6) is 2.36. The number of aryl methyl sites for hydroxylation is 1. The lowest BCUT2D eigenvalue weighted by molar-refractivity contribution is -0.0944. The Labute approximate surface area is 167 Å². The summed E-state index contributed by atoms with van der Waals surface area (Å²) in [5.41, 5.74) is 1.15. The summed E-state index contributed by atoms with van der Waals surface area (Å²) in [5, 5.41) is 9.25. The zero-order valence-corrected chi connectivity index (χ0v) is 16.4. The van der Waals surface area contributed by atoms with Crippen LogP contribution in [-0.2, 0) is 22.6 Å². The van der Waals surface area contributed by atoms with Crippen LogP contribution in [-0.4, -0.2) is 74.9 Å². The highest BCUT2D eigenvalue weighted by Gasteiger charge is 2.27. The van der Waals surface area contributed by atoms with Crippen LogP contribution in [0.2, 0.25) is 0 Å². The molecule has 1 atom stereocenters. The van der Waals surface area contributed by atoms with Crippen molar-refractivity contribution in [3.63, 3.8) is 0 Å². The van der Waals surface area contributed by atoms with E-state index in [-0.39, 0.29) is 12.0 Å². The monoisotopic (exact) mass is 398 g/mol. The molecular weight excluding hydrogens is 376 g/mol. The molecule has 0 saturated carbocycles. The van der Waals surface area contributed by atoms with Crippen molar-refractivity contribution in [1.29, 1.82) is 0 Å². The first-order valence-electron chi connectivity index (χ1n) is 9.63. The average molecular weight is 398 g/mol. The van der Waals surface area contributed by atoms with E-state index in [2.05, 4.69) is 15.2 Å². The maximum atomic E-state index is 12.5. The molecule has 10 heteroatoms. The lowest BCUT2D eigenvalue weighted by atomic mass is 10.2. The maximum Gasteiger partial charge on any atom is 0.271 e. The van der Waals surface area contributed by atoms with Gasteiger partial charge in [-0.15, -0.1) is 5.10 Å². The standard InChI is InChI=1S/C19H22N6O4/c1-12-3-4-16(29-12)17-20-18(25(22-17)10-13-11-27-7-8-28-13)14-9-15-19(26)23(2)5-6-24(15)21-14/h3-4,9,13H,5-8,10-11H2,1-2H3. The second kappa shape index (κ2) is 7.12. The minimum absolute atomic E-state index is 0.0491. The Kier molecular flexibility index (Phi) is 4.44. The highest BCUT2D eigenvalue weighted by molar-refractivity contribution is 5.94. The van der Waals surface area contributed by atoms with Crippen LogP contribution in [0.25, 0.3) is 23.1 Å². The van der Waals surface area contributed by atoms with Crippen LogP contribution in [0.5, 0.6) is 0 Å². The molecule has 2 aliphatic heterocycles. The van der Waals surface area contributed by atoms with E-state index in [1.54, 1.807) is 27.4 Å². The number of likely N-dealkylation sites (N-methyl/N-ethyl adjacent to an activating group) is 1. The molecule has 0 spiro atoms. The molecule has 1 fully saturated rings. The van der Waals surface area contributed by atoms with E-state index in [1.807, 2.05) is 19.1 Å². The van der Waals surface area contributed by atoms with Crippen LogP contribution < -0.4 is 0 Å². The van der Waals surface area contributed by atoms with Gasteiger partial charge >= 0.3 is 0 Å². The number of rotatable bonds is 4. The normalized spacial score (nSPS) is 19.6. The summed E-state index contributed by atoms with van der Waals surface area (Å²) in [6.07, 6.45) is -0.125. The Balaban J connectivity index is 1.54. The van der Waals surface area contributed by atoms with Gasteiger partial charge in [-0.1, -0.05) is 0 Å². The maximum absolute atomic E-state index is 12.5. The molecular formula is C19H22N6O4. The fraction of sp³-hybridized carbons (Fsp3) is 0.474. The molecule has 5 rings (SSSR count). The first-order valence-corrected chi connectivity index (χ1v) is 9.63. The van der Waals surface area contributed by atoms with Gasteiger partial charge in [0.1, 0.15) is 23.3 Å². The first-order chi connectivity index (χ1) is 14.1. The second-order valence-electron chi connectivity index (χ2n) is 7.28. The minimum Gasteiger partial charge on any atom is -0.458 e. The number of hydrogen-bond acceptors (Lipinski definition) is 7. The van der Waals surface area contributed by atoms with Crippen LogP contribution >= 0.6 is 0 Å². The summed E-state index contributed by atoms with van der Waals surface area (Å²) in [6.45, 7) is 5.27. The van der Waals surface area contributed by atoms with Crippen molar-refractivity contribution in [1.82, 2.24) is 29.4 Å². The van der Waals surface area contributed by atoms with Crippen molar-refractivity contribution >= 4 is 5.91 Å². The molecule has 0 N–H and O–H groups in total. The number of amides is 1. The smallest absolute Gasteiger partial charge is 0.271 e. The molecule has 3 aromatic rings. The van der Waals surface area contributed by atoms with E-state index in [0.717, 1.165) is 5.76 Å². The molecule has 0 radical (unpaired) electrons. The molecule has 5 heterocycles. The van der Waals surface area contributed by atoms with Gasteiger partial charge in [-0.3, -0.25) is 9.48 Å². The number of carbonyl (C=O) groups is 1. The summed E-state index contributed by atoms with van der Waals surface area (Å²) >= 11 is 0. The Bertz CT molecular complexity index is 1050. The summed E-state index contributed by atoms with van der Waals surface area (Å²) in [6, 6.07) is 5.49. The van der Waals surface area contributed by atoms with Gasteiger partial charge in [0.15, 0.2) is 11.6 Å². The largest absolute Gasteiger partial charge is 0.458 e. The van der Waals surface area contributed by atoms with Gasteiger partial charge in [-0.25, -0.2) is 9.67 Å². The summed E-state index contributed by atoms with van der Waals surface area (Å²) in [7, 11) is 1.79. The summed E-state index contributed by atoms with van der Waals surface area (Å²) in [4.78, 5) is 18.8. The van der Waals surface area contributed by atoms with Crippen molar-refractivity contribution in [3.05, 3.63) is 29.7 Å². The van der Waals surface area contributed by atoms with Crippen molar-refractivity contribution in [3.8, 4) is 23.1 Å². The minimum atomic E-state index is -0.125. The molecule has 0 aliphatic carbocycles. The highest BCUT2D eigenvalue weighted by atomic mass is 16.6. The van der Waals surface area contributed by atoms with Crippen LogP contribution in [0, 0.1) is 6.92 Å². The van der Waals surface area contributed by atoms with E-state index in [4.69, 9.17) is 13.9 Å². The Morgan fingerprint density at radius 3 is 2.86 bits per heavy atom. The molecule has 0 aromatic carbocycles. The van der Waals surface area contributed by atoms with Gasteiger partial charge < -0.3 is 18.8 Å². The highest BCUT2D eigenvalue weighted by Crippen LogP contribution is 2.26. The van der Waals surface area contributed by atoms with E-state index >= 15 is 0 Å². The number of nitrogens with zero attached hydrogens (tertiary/aromatic N) is 6. The Morgan fingerprint density at radius 2 is 2.10 bits per heavy atom. The quantitative estimate of drug-likeness (QED) is 0.651. The fourth-order valence-electron chi connectivity index (χ4n) is 3.56. The molecule has 3 aromatic heterocycles. The lowest BCUT2D eigenvalue weighted by Crippen LogP contribution is -2.37. The van der Waals surface area contributed by atoms with Crippen LogP contribution in [0.1, 0.15) is 16.2 Å². The van der Waals surface area contributed by atoms with E-state index < -0.39 is 0 Å². The third-order valence-corrected chi connectivity index (χ3v) is 5.12. The molecule has 2 aliphatic rings. The third kappa shape index (κ3) is 3.34. The van der Waals surface area contributed by atoms with Gasteiger partial charge in [-0.2, -0.15) is 5.10 Å². The van der Waals surface area contributed by atoms with Gasteiger partial charge in [0.05, 0.1) is 32.9 Å². The van der Waals surface area contributed by atoms with Gasteiger partial charge in [0.25, 0.3) is 5.91 Å². The SMILES string of the molecule is Cc1ccc(-c2nc(-c3cc4n(n3)CCN(C)C4=O)n(CC3COCCO3)n2)o1. The van der Waals surface area contributed by atoms with Crippen LogP contribution in [0.15, 0.2) is 22.6 Å². The Morgan fingerprint density at radius 1 is 1.21 bits per heavy atom. The fourth-order valence-corrected chi connectivity index (χ4v) is 3.56. The van der Waals surface area contributed by atoms with Crippen molar-refractivity contribution in [2.45, 2.75) is 26.1 Å². The molecule has 1 amide bonds. The first kappa shape index (κ1) is 18.1. The van der Waals surface area contributed by atoms with Crippen molar-refractivity contribution in [2.75, 3.05) is 33.4 Å².